The number of anilines is 1. The van der Waals surface area contributed by atoms with Gasteiger partial charge in [0.1, 0.15) is 5.69 Å². The molecule has 2 heterocycles. The second-order valence-corrected chi connectivity index (χ2v) is 6.35. The number of nitrogens with one attached hydrogen (secondary N) is 1. The number of hydrogen-bond acceptors (Lipinski definition) is 10. The molecule has 0 aliphatic rings. The largest absolute Gasteiger partial charge is 0.493 e. The van der Waals surface area contributed by atoms with Gasteiger partial charge in [-0.3, -0.25) is 4.79 Å². The molecule has 0 unspecified atom stereocenters. The highest BCUT2D eigenvalue weighted by Crippen LogP contribution is 2.27. The number of aromatic nitrogens is 5. The third kappa shape index (κ3) is 3.96. The molecule has 0 aliphatic heterocycles. The van der Waals surface area contributed by atoms with E-state index in [1.165, 1.54) is 13.3 Å². The SMILES string of the molecule is COc1ccc(/C=N\NC(=O)c2c(-c3ccccc3)nnn2-c2nonc2N)cc1OC. The van der Waals surface area contributed by atoms with Crippen molar-refractivity contribution < 1.29 is 18.9 Å². The molecule has 12 nitrogen and oxygen atoms in total. The Labute approximate surface area is 181 Å². The Morgan fingerprint density at radius 2 is 1.91 bits per heavy atom. The second kappa shape index (κ2) is 8.95. The number of benzene rings is 2. The van der Waals surface area contributed by atoms with Gasteiger partial charge in [0, 0.05) is 5.56 Å². The van der Waals surface area contributed by atoms with Crippen molar-refractivity contribution >= 4 is 17.9 Å². The van der Waals surface area contributed by atoms with Crippen LogP contribution in [0.2, 0.25) is 0 Å². The number of rotatable bonds is 7. The van der Waals surface area contributed by atoms with Crippen LogP contribution in [-0.2, 0) is 0 Å². The first-order chi connectivity index (χ1) is 15.6. The van der Waals surface area contributed by atoms with Crippen LogP contribution < -0.4 is 20.6 Å². The van der Waals surface area contributed by atoms with Gasteiger partial charge in [0.25, 0.3) is 5.91 Å². The summed E-state index contributed by atoms with van der Waals surface area (Å²) >= 11 is 0. The van der Waals surface area contributed by atoms with Gasteiger partial charge < -0.3 is 15.2 Å². The summed E-state index contributed by atoms with van der Waals surface area (Å²) in [7, 11) is 3.08. The van der Waals surface area contributed by atoms with Crippen molar-refractivity contribution in [2.24, 2.45) is 5.10 Å². The summed E-state index contributed by atoms with van der Waals surface area (Å²) in [6.07, 6.45) is 1.46. The first-order valence-electron chi connectivity index (χ1n) is 9.27. The lowest BCUT2D eigenvalue weighted by molar-refractivity contribution is 0.0948. The van der Waals surface area contributed by atoms with Gasteiger partial charge in [-0.1, -0.05) is 35.5 Å². The van der Waals surface area contributed by atoms with E-state index >= 15 is 0 Å². The summed E-state index contributed by atoms with van der Waals surface area (Å²) in [4.78, 5) is 13.1. The van der Waals surface area contributed by atoms with Gasteiger partial charge >= 0.3 is 0 Å². The molecule has 0 radical (unpaired) electrons. The number of carbonyl (C=O) groups excluding carboxylic acids is 1. The Balaban J connectivity index is 1.65. The van der Waals surface area contributed by atoms with E-state index in [1.807, 2.05) is 18.2 Å². The molecule has 2 aromatic heterocycles. The Bertz CT molecular complexity index is 1270. The van der Waals surface area contributed by atoms with E-state index < -0.39 is 5.91 Å². The molecule has 1 amide bonds. The molecule has 12 heteroatoms. The predicted molar refractivity (Wildman–Crippen MR) is 114 cm³/mol. The molecule has 4 rings (SSSR count). The summed E-state index contributed by atoms with van der Waals surface area (Å²) in [5.41, 5.74) is 9.97. The number of amides is 1. The maximum Gasteiger partial charge on any atom is 0.292 e. The standard InChI is InChI=1S/C20H18N8O4/c1-30-14-9-8-12(10-15(14)31-2)11-22-24-20(29)17-16(13-6-4-3-5-7-13)23-27-28(17)19-18(21)25-32-26-19/h3-11H,1-2H3,(H2,21,25)(H,24,29)/b22-11-. The molecular formula is C20H18N8O4. The average molecular weight is 434 g/mol. The second-order valence-electron chi connectivity index (χ2n) is 6.35. The van der Waals surface area contributed by atoms with Crippen molar-refractivity contribution in [3.8, 4) is 28.6 Å². The quantitative estimate of drug-likeness (QED) is 0.326. The molecule has 4 aromatic rings. The zero-order valence-electron chi connectivity index (χ0n) is 17.1. The molecule has 0 saturated carbocycles. The molecule has 3 N–H and O–H groups in total. The molecule has 162 valence electrons. The van der Waals surface area contributed by atoms with Gasteiger partial charge in [0.15, 0.2) is 17.2 Å². The van der Waals surface area contributed by atoms with Gasteiger partial charge in [-0.2, -0.15) is 9.78 Å². The number of hydrazone groups is 1. The van der Waals surface area contributed by atoms with Gasteiger partial charge in [-0.15, -0.1) is 5.10 Å². The molecule has 2 aromatic carbocycles. The molecule has 0 atom stereocenters. The molecule has 0 aliphatic carbocycles. The smallest absolute Gasteiger partial charge is 0.292 e. The van der Waals surface area contributed by atoms with Crippen molar-refractivity contribution in [1.82, 2.24) is 30.7 Å². The van der Waals surface area contributed by atoms with Gasteiger partial charge in [0.2, 0.25) is 11.6 Å². The highest BCUT2D eigenvalue weighted by atomic mass is 16.6. The van der Waals surface area contributed by atoms with E-state index in [2.05, 4.69) is 35.8 Å². The van der Waals surface area contributed by atoms with E-state index in [9.17, 15) is 4.79 Å². The minimum atomic E-state index is -0.590. The van der Waals surface area contributed by atoms with Crippen molar-refractivity contribution in [3.63, 3.8) is 0 Å². The Hall–Kier alpha value is -4.74. The summed E-state index contributed by atoms with van der Waals surface area (Å²) in [5, 5.41) is 19.4. The van der Waals surface area contributed by atoms with E-state index in [4.69, 9.17) is 15.2 Å². The molecule has 0 saturated heterocycles. The number of nitrogens with zero attached hydrogens (tertiary/aromatic N) is 6. The Kier molecular flexibility index (Phi) is 5.74. The van der Waals surface area contributed by atoms with Crippen LogP contribution in [0.3, 0.4) is 0 Å². The van der Waals surface area contributed by atoms with E-state index in [-0.39, 0.29) is 17.3 Å². The predicted octanol–water partition coefficient (Wildman–Crippen LogP) is 1.68. The highest BCUT2D eigenvalue weighted by Gasteiger charge is 2.25. The number of ether oxygens (including phenoxy) is 2. The number of hydrogen-bond donors (Lipinski definition) is 2. The van der Waals surface area contributed by atoms with Crippen LogP contribution in [0.25, 0.3) is 17.1 Å². The lowest BCUT2D eigenvalue weighted by atomic mass is 10.1. The fourth-order valence-corrected chi connectivity index (χ4v) is 2.91. The fraction of sp³-hybridized carbons (Fsp3) is 0.100. The van der Waals surface area contributed by atoms with E-state index in [1.54, 1.807) is 37.4 Å². The van der Waals surface area contributed by atoms with Crippen LogP contribution in [0.15, 0.2) is 58.3 Å². The van der Waals surface area contributed by atoms with Crippen LogP contribution in [-0.4, -0.2) is 51.6 Å². The number of methoxy groups -OCH3 is 2. The fourth-order valence-electron chi connectivity index (χ4n) is 2.91. The van der Waals surface area contributed by atoms with Gasteiger partial charge in [-0.25, -0.2) is 10.1 Å². The van der Waals surface area contributed by atoms with Crippen molar-refractivity contribution in [1.29, 1.82) is 0 Å². The summed E-state index contributed by atoms with van der Waals surface area (Å²) in [6, 6.07) is 14.3. The molecule has 0 bridgehead atoms. The van der Waals surface area contributed by atoms with Crippen LogP contribution >= 0.6 is 0 Å². The first-order valence-corrected chi connectivity index (χ1v) is 9.27. The number of nitrogens with two attached hydrogens (primary N) is 1. The molecule has 0 fully saturated rings. The van der Waals surface area contributed by atoms with Crippen molar-refractivity contribution in [2.45, 2.75) is 0 Å². The van der Waals surface area contributed by atoms with E-state index in [0.717, 1.165) is 4.68 Å². The minimum absolute atomic E-state index is 0.0358. The maximum absolute atomic E-state index is 13.1. The van der Waals surface area contributed by atoms with E-state index in [0.29, 0.717) is 28.3 Å². The Morgan fingerprint density at radius 1 is 1.12 bits per heavy atom. The third-order valence-electron chi connectivity index (χ3n) is 4.42. The monoisotopic (exact) mass is 434 g/mol. The Morgan fingerprint density at radius 3 is 2.59 bits per heavy atom. The number of carbonyl (C=O) groups is 1. The molecule has 0 spiro atoms. The average Bonchev–Trinajstić information content (AvgIpc) is 3.45. The lowest BCUT2D eigenvalue weighted by Gasteiger charge is -2.07. The van der Waals surface area contributed by atoms with Crippen LogP contribution in [0.5, 0.6) is 11.5 Å². The topological polar surface area (TPSA) is 156 Å². The minimum Gasteiger partial charge on any atom is -0.493 e. The zero-order chi connectivity index (χ0) is 22.5. The molecular weight excluding hydrogens is 416 g/mol. The molecule has 32 heavy (non-hydrogen) atoms. The van der Waals surface area contributed by atoms with Gasteiger partial charge in [0.05, 0.1) is 20.4 Å². The summed E-state index contributed by atoms with van der Waals surface area (Å²) in [5.74, 6) is 0.513. The summed E-state index contributed by atoms with van der Waals surface area (Å²) < 4.78 is 16.3. The zero-order valence-corrected chi connectivity index (χ0v) is 17.1. The van der Waals surface area contributed by atoms with Crippen LogP contribution in [0.1, 0.15) is 16.1 Å². The normalized spacial score (nSPS) is 10.9. The van der Waals surface area contributed by atoms with Crippen molar-refractivity contribution in [3.05, 3.63) is 59.8 Å². The number of nitrogen functional groups attached to an aromatic ring is 1. The van der Waals surface area contributed by atoms with Gasteiger partial charge in [-0.05, 0) is 34.1 Å². The summed E-state index contributed by atoms with van der Waals surface area (Å²) in [6.45, 7) is 0. The van der Waals surface area contributed by atoms with Crippen LogP contribution in [0, 0.1) is 0 Å². The van der Waals surface area contributed by atoms with Crippen LogP contribution in [0.4, 0.5) is 5.82 Å². The van der Waals surface area contributed by atoms with Crippen molar-refractivity contribution in [2.75, 3.05) is 20.0 Å². The lowest BCUT2D eigenvalue weighted by Crippen LogP contribution is -2.22. The third-order valence-corrected chi connectivity index (χ3v) is 4.42. The first kappa shape index (κ1) is 20.5. The highest BCUT2D eigenvalue weighted by molar-refractivity contribution is 5.99. The maximum atomic E-state index is 13.1.